The third kappa shape index (κ3) is 3.05. The van der Waals surface area contributed by atoms with Gasteiger partial charge in [-0.05, 0) is 30.3 Å². The summed E-state index contributed by atoms with van der Waals surface area (Å²) in [6, 6.07) is 8.47. The van der Waals surface area contributed by atoms with Crippen molar-refractivity contribution in [1.82, 2.24) is 14.5 Å². The molecule has 0 saturated heterocycles. The van der Waals surface area contributed by atoms with Crippen molar-refractivity contribution < 1.29 is 14.3 Å². The number of hydrogen-bond acceptors (Lipinski definition) is 5. The number of benzene rings is 1. The van der Waals surface area contributed by atoms with Crippen LogP contribution in [0.15, 0.2) is 55.2 Å². The Morgan fingerprint density at radius 2 is 2.20 bits per heavy atom. The predicted molar refractivity (Wildman–Crippen MR) is 89.9 cm³/mol. The third-order valence-corrected chi connectivity index (χ3v) is 3.65. The van der Waals surface area contributed by atoms with Crippen LogP contribution in [-0.2, 0) is 4.79 Å². The average molecular weight is 335 g/mol. The Hall–Kier alpha value is -3.68. The van der Waals surface area contributed by atoms with Gasteiger partial charge in [0.1, 0.15) is 17.9 Å². The van der Waals surface area contributed by atoms with Crippen LogP contribution in [0.1, 0.15) is 10.4 Å². The molecule has 3 aromatic rings. The maximum absolute atomic E-state index is 12.4. The lowest BCUT2D eigenvalue weighted by Gasteiger charge is -2.18. The van der Waals surface area contributed by atoms with Gasteiger partial charge in [0.05, 0.1) is 11.3 Å². The largest absolute Gasteiger partial charge is 0.482 e. The number of carbonyl (C=O) groups is 2. The van der Waals surface area contributed by atoms with E-state index in [1.54, 1.807) is 53.6 Å². The number of amides is 2. The van der Waals surface area contributed by atoms with E-state index in [-0.39, 0.29) is 18.4 Å². The van der Waals surface area contributed by atoms with Crippen LogP contribution in [0.3, 0.4) is 0 Å². The molecule has 0 radical (unpaired) electrons. The number of hydrogen-bond donors (Lipinski definition) is 2. The summed E-state index contributed by atoms with van der Waals surface area (Å²) >= 11 is 0. The molecule has 0 saturated carbocycles. The normalized spacial score (nSPS) is 12.7. The second-order valence-corrected chi connectivity index (χ2v) is 5.38. The minimum Gasteiger partial charge on any atom is -0.482 e. The van der Waals surface area contributed by atoms with Gasteiger partial charge in [0.25, 0.3) is 11.8 Å². The van der Waals surface area contributed by atoms with Crippen LogP contribution < -0.4 is 15.4 Å². The molecule has 3 heterocycles. The van der Waals surface area contributed by atoms with Gasteiger partial charge in [0.15, 0.2) is 6.61 Å². The highest BCUT2D eigenvalue weighted by Crippen LogP contribution is 2.30. The van der Waals surface area contributed by atoms with Gasteiger partial charge in [-0.3, -0.25) is 14.2 Å². The molecule has 0 spiro atoms. The fraction of sp³-hybridized carbons (Fsp3) is 0.0588. The van der Waals surface area contributed by atoms with E-state index >= 15 is 0 Å². The zero-order valence-corrected chi connectivity index (χ0v) is 13.0. The van der Waals surface area contributed by atoms with Crippen molar-refractivity contribution in [3.05, 3.63) is 60.8 Å². The topological polar surface area (TPSA) is 98.1 Å². The molecule has 2 aromatic heterocycles. The summed E-state index contributed by atoms with van der Waals surface area (Å²) < 4.78 is 7.03. The van der Waals surface area contributed by atoms with E-state index in [9.17, 15) is 9.59 Å². The molecule has 0 aliphatic carbocycles. The van der Waals surface area contributed by atoms with E-state index in [0.717, 1.165) is 0 Å². The Bertz CT molecular complexity index is 935. The summed E-state index contributed by atoms with van der Waals surface area (Å²) in [6.45, 7) is -0.00631. The smallest absolute Gasteiger partial charge is 0.262 e. The van der Waals surface area contributed by atoms with Crippen LogP contribution in [-0.4, -0.2) is 33.0 Å². The predicted octanol–water partition coefficient (Wildman–Crippen LogP) is 1.85. The van der Waals surface area contributed by atoms with E-state index < -0.39 is 0 Å². The second kappa shape index (κ2) is 6.08. The summed E-state index contributed by atoms with van der Waals surface area (Å²) in [4.78, 5) is 31.9. The molecule has 2 amide bonds. The maximum atomic E-state index is 12.4. The molecular formula is C17H13N5O3. The van der Waals surface area contributed by atoms with Crippen LogP contribution >= 0.6 is 0 Å². The molecule has 1 aliphatic rings. The van der Waals surface area contributed by atoms with Crippen molar-refractivity contribution in [1.29, 1.82) is 0 Å². The SMILES string of the molecule is O=C1COc2ccc(NC(=O)c3ccc(-n4ccnc4)nc3)cc2N1. The number of imidazole rings is 1. The van der Waals surface area contributed by atoms with E-state index in [2.05, 4.69) is 20.6 Å². The number of ether oxygens (including phenoxy) is 1. The summed E-state index contributed by atoms with van der Waals surface area (Å²) in [5.74, 6) is 0.717. The molecule has 25 heavy (non-hydrogen) atoms. The standard InChI is InChI=1S/C17H13N5O3/c23-16-9-25-14-3-2-12(7-13(14)21-16)20-17(24)11-1-4-15(19-8-11)22-6-5-18-10-22/h1-8,10H,9H2,(H,20,24)(H,21,23). The lowest BCUT2D eigenvalue weighted by atomic mass is 10.2. The highest BCUT2D eigenvalue weighted by molar-refractivity contribution is 6.05. The molecule has 0 atom stereocenters. The van der Waals surface area contributed by atoms with Crippen molar-refractivity contribution in [3.63, 3.8) is 0 Å². The second-order valence-electron chi connectivity index (χ2n) is 5.38. The van der Waals surface area contributed by atoms with E-state index in [4.69, 9.17) is 4.74 Å². The van der Waals surface area contributed by atoms with Gasteiger partial charge in [-0.2, -0.15) is 0 Å². The van der Waals surface area contributed by atoms with Gasteiger partial charge in [-0.1, -0.05) is 0 Å². The number of anilines is 2. The first kappa shape index (κ1) is 14.9. The number of pyridine rings is 1. The first-order chi connectivity index (χ1) is 12.2. The molecule has 8 heteroatoms. The van der Waals surface area contributed by atoms with Gasteiger partial charge in [0.2, 0.25) is 0 Å². The number of nitrogens with one attached hydrogen (secondary N) is 2. The number of aromatic nitrogens is 3. The molecule has 8 nitrogen and oxygen atoms in total. The number of nitrogens with zero attached hydrogens (tertiary/aromatic N) is 3. The van der Waals surface area contributed by atoms with Crippen molar-refractivity contribution in [2.24, 2.45) is 0 Å². The van der Waals surface area contributed by atoms with Crippen molar-refractivity contribution >= 4 is 23.2 Å². The van der Waals surface area contributed by atoms with Gasteiger partial charge in [-0.15, -0.1) is 0 Å². The van der Waals surface area contributed by atoms with Crippen LogP contribution in [0.25, 0.3) is 5.82 Å². The zero-order chi connectivity index (χ0) is 17.2. The number of carbonyl (C=O) groups excluding carboxylic acids is 2. The maximum Gasteiger partial charge on any atom is 0.262 e. The number of fused-ring (bicyclic) bond motifs is 1. The minimum absolute atomic E-state index is 0.00631. The molecule has 0 fully saturated rings. The fourth-order valence-corrected chi connectivity index (χ4v) is 2.43. The van der Waals surface area contributed by atoms with Crippen LogP contribution in [0.2, 0.25) is 0 Å². The first-order valence-electron chi connectivity index (χ1n) is 7.51. The summed E-state index contributed by atoms with van der Waals surface area (Å²) in [5, 5.41) is 5.47. The molecule has 1 aromatic carbocycles. The van der Waals surface area contributed by atoms with Crippen molar-refractivity contribution in [3.8, 4) is 11.6 Å². The minimum atomic E-state index is -0.298. The molecule has 0 bridgehead atoms. The molecule has 4 rings (SSSR count). The fourth-order valence-electron chi connectivity index (χ4n) is 2.43. The molecule has 124 valence electrons. The Labute approximate surface area is 142 Å². The van der Waals surface area contributed by atoms with Crippen LogP contribution in [0.5, 0.6) is 5.75 Å². The average Bonchev–Trinajstić information content (AvgIpc) is 3.16. The molecular weight excluding hydrogens is 322 g/mol. The summed E-state index contributed by atoms with van der Waals surface area (Å²) in [5.41, 5.74) is 1.50. The zero-order valence-electron chi connectivity index (χ0n) is 13.0. The Morgan fingerprint density at radius 1 is 1.28 bits per heavy atom. The highest BCUT2D eigenvalue weighted by atomic mass is 16.5. The van der Waals surface area contributed by atoms with E-state index in [1.807, 2.05) is 0 Å². The lowest BCUT2D eigenvalue weighted by molar-refractivity contribution is -0.118. The Morgan fingerprint density at radius 3 is 2.96 bits per heavy atom. The number of rotatable bonds is 3. The first-order valence-corrected chi connectivity index (χ1v) is 7.51. The van der Waals surface area contributed by atoms with Gasteiger partial charge < -0.3 is 15.4 Å². The molecule has 0 unspecified atom stereocenters. The van der Waals surface area contributed by atoms with Crippen LogP contribution in [0, 0.1) is 0 Å². The van der Waals surface area contributed by atoms with Crippen molar-refractivity contribution in [2.75, 3.05) is 17.2 Å². The van der Waals surface area contributed by atoms with E-state index in [1.165, 1.54) is 6.20 Å². The quantitative estimate of drug-likeness (QED) is 0.761. The summed E-state index contributed by atoms with van der Waals surface area (Å²) in [6.07, 6.45) is 6.55. The van der Waals surface area contributed by atoms with Crippen molar-refractivity contribution in [2.45, 2.75) is 0 Å². The Balaban J connectivity index is 1.50. The molecule has 2 N–H and O–H groups in total. The van der Waals surface area contributed by atoms with Gasteiger partial charge in [-0.25, -0.2) is 9.97 Å². The van der Waals surface area contributed by atoms with E-state index in [0.29, 0.717) is 28.5 Å². The van der Waals surface area contributed by atoms with Crippen LogP contribution in [0.4, 0.5) is 11.4 Å². The van der Waals surface area contributed by atoms with Gasteiger partial charge >= 0.3 is 0 Å². The molecule has 1 aliphatic heterocycles. The Kier molecular flexibility index (Phi) is 3.62. The van der Waals surface area contributed by atoms with Gasteiger partial charge in [0, 0.05) is 24.3 Å². The third-order valence-electron chi connectivity index (χ3n) is 3.65. The lowest BCUT2D eigenvalue weighted by Crippen LogP contribution is -2.25. The summed E-state index contributed by atoms with van der Waals surface area (Å²) in [7, 11) is 0. The monoisotopic (exact) mass is 335 g/mol. The highest BCUT2D eigenvalue weighted by Gasteiger charge is 2.16.